The summed E-state index contributed by atoms with van der Waals surface area (Å²) in [5, 5.41) is 11.0. The Labute approximate surface area is 162 Å². The highest BCUT2D eigenvalue weighted by molar-refractivity contribution is 5.94. The standard InChI is InChI=1S/C20H21N5O3/c26-19(18-13-25(23-22-18)12-15-4-2-1-3-5-15)21-17-6-9-24(10-7-17)20(27)16-8-11-28-14-16/h1-5,8,11,13-14,17H,6-7,9-10,12H2,(H,21,26). The number of carbonyl (C=O) groups is 2. The summed E-state index contributed by atoms with van der Waals surface area (Å²) >= 11 is 0. The number of carbonyl (C=O) groups excluding carboxylic acids is 2. The first kappa shape index (κ1) is 18.0. The van der Waals surface area contributed by atoms with Crippen LogP contribution in [0.5, 0.6) is 0 Å². The van der Waals surface area contributed by atoms with E-state index in [1.807, 2.05) is 30.3 Å². The molecular weight excluding hydrogens is 358 g/mol. The molecule has 1 aromatic carbocycles. The molecule has 8 heteroatoms. The lowest BCUT2D eigenvalue weighted by atomic mass is 10.0. The first-order valence-corrected chi connectivity index (χ1v) is 9.25. The molecule has 0 radical (unpaired) electrons. The Morgan fingerprint density at radius 3 is 2.64 bits per heavy atom. The summed E-state index contributed by atoms with van der Waals surface area (Å²) in [6, 6.07) is 11.6. The van der Waals surface area contributed by atoms with Crippen molar-refractivity contribution in [1.82, 2.24) is 25.2 Å². The molecule has 8 nitrogen and oxygen atoms in total. The summed E-state index contributed by atoms with van der Waals surface area (Å²) in [6.07, 6.45) is 6.00. The maximum atomic E-state index is 12.5. The van der Waals surface area contributed by atoms with Gasteiger partial charge >= 0.3 is 0 Å². The van der Waals surface area contributed by atoms with Crippen molar-refractivity contribution in [3.8, 4) is 0 Å². The Bertz CT molecular complexity index is 928. The Balaban J connectivity index is 1.28. The highest BCUT2D eigenvalue weighted by Crippen LogP contribution is 2.15. The predicted octanol–water partition coefficient (Wildman–Crippen LogP) is 1.95. The zero-order valence-electron chi connectivity index (χ0n) is 15.3. The summed E-state index contributed by atoms with van der Waals surface area (Å²) < 4.78 is 6.62. The van der Waals surface area contributed by atoms with Crippen LogP contribution in [-0.4, -0.2) is 50.8 Å². The van der Waals surface area contributed by atoms with Gasteiger partial charge in [0.1, 0.15) is 6.26 Å². The van der Waals surface area contributed by atoms with Crippen LogP contribution in [0.3, 0.4) is 0 Å². The van der Waals surface area contributed by atoms with Crippen LogP contribution in [0, 0.1) is 0 Å². The van der Waals surface area contributed by atoms with E-state index in [9.17, 15) is 9.59 Å². The fraction of sp³-hybridized carbons (Fsp3) is 0.300. The Morgan fingerprint density at radius 1 is 1.14 bits per heavy atom. The number of aromatic nitrogens is 3. The second-order valence-electron chi connectivity index (χ2n) is 6.84. The number of hydrogen-bond acceptors (Lipinski definition) is 5. The highest BCUT2D eigenvalue weighted by Gasteiger charge is 2.26. The maximum absolute atomic E-state index is 12.5. The van der Waals surface area contributed by atoms with Gasteiger partial charge in [-0.1, -0.05) is 35.5 Å². The third-order valence-corrected chi connectivity index (χ3v) is 4.84. The van der Waals surface area contributed by atoms with Gasteiger partial charge in [-0.05, 0) is 24.5 Å². The van der Waals surface area contributed by atoms with Crippen molar-refractivity contribution in [2.24, 2.45) is 0 Å². The Morgan fingerprint density at radius 2 is 1.93 bits per heavy atom. The van der Waals surface area contributed by atoms with Gasteiger partial charge in [0, 0.05) is 19.1 Å². The van der Waals surface area contributed by atoms with E-state index in [0.717, 1.165) is 5.56 Å². The number of likely N-dealkylation sites (tertiary alicyclic amines) is 1. The number of furan rings is 1. The van der Waals surface area contributed by atoms with E-state index in [1.165, 1.54) is 12.5 Å². The first-order chi connectivity index (χ1) is 13.7. The largest absolute Gasteiger partial charge is 0.472 e. The molecule has 28 heavy (non-hydrogen) atoms. The maximum Gasteiger partial charge on any atom is 0.273 e. The third-order valence-electron chi connectivity index (χ3n) is 4.84. The lowest BCUT2D eigenvalue weighted by molar-refractivity contribution is 0.0697. The molecular formula is C20H21N5O3. The molecule has 0 unspecified atom stereocenters. The normalized spacial score (nSPS) is 14.8. The second-order valence-corrected chi connectivity index (χ2v) is 6.84. The molecule has 0 atom stereocenters. The van der Waals surface area contributed by atoms with Crippen LogP contribution in [-0.2, 0) is 6.54 Å². The fourth-order valence-corrected chi connectivity index (χ4v) is 3.31. The molecule has 2 amide bonds. The molecule has 1 aliphatic rings. The number of rotatable bonds is 5. The van der Waals surface area contributed by atoms with Gasteiger partial charge in [0.25, 0.3) is 11.8 Å². The number of nitrogens with zero attached hydrogens (tertiary/aromatic N) is 4. The summed E-state index contributed by atoms with van der Waals surface area (Å²) in [7, 11) is 0. The molecule has 0 aliphatic carbocycles. The van der Waals surface area contributed by atoms with Crippen LogP contribution in [0.4, 0.5) is 0 Å². The molecule has 0 bridgehead atoms. The van der Waals surface area contributed by atoms with E-state index in [2.05, 4.69) is 15.6 Å². The molecule has 1 aliphatic heterocycles. The van der Waals surface area contributed by atoms with Crippen LogP contribution in [0.25, 0.3) is 0 Å². The van der Waals surface area contributed by atoms with Gasteiger partial charge in [0.2, 0.25) is 0 Å². The van der Waals surface area contributed by atoms with Crippen molar-refractivity contribution >= 4 is 11.8 Å². The minimum absolute atomic E-state index is 0.0140. The van der Waals surface area contributed by atoms with Crippen molar-refractivity contribution in [3.63, 3.8) is 0 Å². The predicted molar refractivity (Wildman–Crippen MR) is 101 cm³/mol. The SMILES string of the molecule is O=C(NC1CCN(C(=O)c2ccoc2)CC1)c1cn(Cc2ccccc2)nn1. The molecule has 0 spiro atoms. The molecule has 144 valence electrons. The van der Waals surface area contributed by atoms with Crippen LogP contribution in [0.1, 0.15) is 39.3 Å². The summed E-state index contributed by atoms with van der Waals surface area (Å²) in [5.74, 6) is -0.277. The minimum atomic E-state index is -0.237. The molecule has 1 saturated heterocycles. The number of nitrogens with one attached hydrogen (secondary N) is 1. The van der Waals surface area contributed by atoms with Crippen molar-refractivity contribution in [2.75, 3.05) is 13.1 Å². The number of amides is 2. The zero-order chi connectivity index (χ0) is 19.3. The number of hydrogen-bond donors (Lipinski definition) is 1. The highest BCUT2D eigenvalue weighted by atomic mass is 16.3. The van der Waals surface area contributed by atoms with Crippen molar-refractivity contribution in [3.05, 3.63) is 71.9 Å². The second kappa shape index (κ2) is 8.08. The van der Waals surface area contributed by atoms with Crippen LogP contribution in [0.2, 0.25) is 0 Å². The molecule has 4 rings (SSSR count). The molecule has 1 fully saturated rings. The van der Waals surface area contributed by atoms with Crippen LogP contribution >= 0.6 is 0 Å². The monoisotopic (exact) mass is 379 g/mol. The zero-order valence-corrected chi connectivity index (χ0v) is 15.3. The van der Waals surface area contributed by atoms with E-state index in [0.29, 0.717) is 43.7 Å². The average molecular weight is 379 g/mol. The van der Waals surface area contributed by atoms with Crippen molar-refractivity contribution in [2.45, 2.75) is 25.4 Å². The van der Waals surface area contributed by atoms with Gasteiger partial charge in [-0.25, -0.2) is 4.68 Å². The molecule has 2 aromatic heterocycles. The van der Waals surface area contributed by atoms with Gasteiger partial charge in [-0.15, -0.1) is 5.10 Å². The minimum Gasteiger partial charge on any atom is -0.472 e. The Kier molecular flexibility index (Phi) is 5.18. The van der Waals surface area contributed by atoms with Gasteiger partial charge in [0.15, 0.2) is 5.69 Å². The summed E-state index contributed by atoms with van der Waals surface area (Å²) in [5.41, 5.74) is 1.94. The van der Waals surface area contributed by atoms with Crippen LogP contribution < -0.4 is 5.32 Å². The third kappa shape index (κ3) is 4.11. The topological polar surface area (TPSA) is 93.3 Å². The Hall–Kier alpha value is -3.42. The average Bonchev–Trinajstić information content (AvgIpc) is 3.41. The van der Waals surface area contributed by atoms with Crippen molar-refractivity contribution < 1.29 is 14.0 Å². The quantitative estimate of drug-likeness (QED) is 0.731. The first-order valence-electron chi connectivity index (χ1n) is 9.25. The van der Waals surface area contributed by atoms with E-state index in [1.54, 1.807) is 21.8 Å². The van der Waals surface area contributed by atoms with E-state index < -0.39 is 0 Å². The number of piperidine rings is 1. The summed E-state index contributed by atoms with van der Waals surface area (Å²) in [4.78, 5) is 26.6. The summed E-state index contributed by atoms with van der Waals surface area (Å²) in [6.45, 7) is 1.75. The molecule has 3 heterocycles. The van der Waals surface area contributed by atoms with Crippen molar-refractivity contribution in [1.29, 1.82) is 0 Å². The van der Waals surface area contributed by atoms with Crippen LogP contribution in [0.15, 0.2) is 59.5 Å². The molecule has 0 saturated carbocycles. The number of benzene rings is 1. The van der Waals surface area contributed by atoms with E-state index in [-0.39, 0.29) is 17.9 Å². The van der Waals surface area contributed by atoms with Gasteiger partial charge in [-0.3, -0.25) is 9.59 Å². The molecule has 3 aromatic rings. The fourth-order valence-electron chi connectivity index (χ4n) is 3.31. The van der Waals surface area contributed by atoms with E-state index >= 15 is 0 Å². The molecule has 1 N–H and O–H groups in total. The lowest BCUT2D eigenvalue weighted by Gasteiger charge is -2.32. The lowest BCUT2D eigenvalue weighted by Crippen LogP contribution is -2.46. The van der Waals surface area contributed by atoms with Gasteiger partial charge in [-0.2, -0.15) is 0 Å². The van der Waals surface area contributed by atoms with Gasteiger partial charge in [0.05, 0.1) is 24.6 Å². The van der Waals surface area contributed by atoms with Gasteiger partial charge < -0.3 is 14.6 Å². The smallest absolute Gasteiger partial charge is 0.273 e. The van der Waals surface area contributed by atoms with E-state index in [4.69, 9.17) is 4.42 Å².